The molecule has 0 fully saturated rings. The number of carbonyl (C=O) groups is 2. The molecular formula is C18H19NO4S. The van der Waals surface area contributed by atoms with Crippen LogP contribution in [0.4, 0.5) is 4.79 Å². The van der Waals surface area contributed by atoms with E-state index < -0.39 is 18.1 Å². The van der Waals surface area contributed by atoms with Crippen molar-refractivity contribution in [3.63, 3.8) is 0 Å². The van der Waals surface area contributed by atoms with Gasteiger partial charge in [-0.2, -0.15) is 0 Å². The largest absolute Gasteiger partial charge is 0.467 e. The Bertz CT molecular complexity index is 690. The summed E-state index contributed by atoms with van der Waals surface area (Å²) < 4.78 is 9.75. The van der Waals surface area contributed by atoms with Gasteiger partial charge < -0.3 is 14.8 Å². The van der Waals surface area contributed by atoms with Crippen molar-refractivity contribution < 1.29 is 19.1 Å². The highest BCUT2D eigenvalue weighted by molar-refractivity contribution is 7.99. The number of hydrogen-bond donors (Lipinski definition) is 1. The van der Waals surface area contributed by atoms with Gasteiger partial charge >= 0.3 is 12.1 Å². The minimum absolute atomic E-state index is 0.121. The first-order valence-corrected chi connectivity index (χ1v) is 8.23. The molecular weight excluding hydrogens is 326 g/mol. The first kappa shape index (κ1) is 17.9. The van der Waals surface area contributed by atoms with Crippen molar-refractivity contribution >= 4 is 23.8 Å². The molecule has 5 nitrogen and oxygen atoms in total. The highest BCUT2D eigenvalue weighted by Gasteiger charge is 2.16. The maximum Gasteiger partial charge on any atom is 0.408 e. The first-order chi connectivity index (χ1) is 11.6. The molecule has 0 aliphatic heterocycles. The summed E-state index contributed by atoms with van der Waals surface area (Å²) in [5.74, 6) is -0.521. The first-order valence-electron chi connectivity index (χ1n) is 7.42. The third-order valence-corrected chi connectivity index (χ3v) is 4.32. The van der Waals surface area contributed by atoms with Gasteiger partial charge in [-0.1, -0.05) is 48.2 Å². The maximum absolute atomic E-state index is 11.8. The topological polar surface area (TPSA) is 64.6 Å². The number of alkyl carbamates (subject to hydrolysis) is 1. The summed E-state index contributed by atoms with van der Waals surface area (Å²) >= 11 is 1.60. The molecule has 0 bridgehead atoms. The fraction of sp³-hybridized carbons (Fsp3) is 0.222. The molecule has 0 spiro atoms. The zero-order valence-corrected chi connectivity index (χ0v) is 14.3. The van der Waals surface area contributed by atoms with Crippen LogP contribution in [0.25, 0.3) is 0 Å². The summed E-state index contributed by atoms with van der Waals surface area (Å²) in [5, 5.41) is 2.43. The predicted octanol–water partition coefficient (Wildman–Crippen LogP) is 3.63. The van der Waals surface area contributed by atoms with Gasteiger partial charge in [-0.05, 0) is 25.1 Å². The fourth-order valence-electron chi connectivity index (χ4n) is 1.94. The Morgan fingerprint density at radius 2 is 1.75 bits per heavy atom. The van der Waals surface area contributed by atoms with Gasteiger partial charge in [0.25, 0.3) is 0 Å². The van der Waals surface area contributed by atoms with Gasteiger partial charge in [0.1, 0.15) is 12.6 Å². The zero-order chi connectivity index (χ0) is 17.4. The van der Waals surface area contributed by atoms with Gasteiger partial charge in [0.05, 0.1) is 7.11 Å². The van der Waals surface area contributed by atoms with Crippen LogP contribution >= 0.6 is 11.8 Å². The smallest absolute Gasteiger partial charge is 0.408 e. The zero-order valence-electron chi connectivity index (χ0n) is 13.5. The van der Waals surface area contributed by atoms with Gasteiger partial charge in [-0.25, -0.2) is 9.59 Å². The summed E-state index contributed by atoms with van der Waals surface area (Å²) in [6.45, 7) is 1.65. The van der Waals surface area contributed by atoms with Gasteiger partial charge in [0, 0.05) is 15.4 Å². The van der Waals surface area contributed by atoms with Crippen LogP contribution in [0.15, 0.2) is 64.4 Å². The number of esters is 1. The summed E-state index contributed by atoms with van der Waals surface area (Å²) in [4.78, 5) is 25.2. The second kappa shape index (κ2) is 8.98. The van der Waals surface area contributed by atoms with Crippen molar-refractivity contribution in [2.75, 3.05) is 7.11 Å². The van der Waals surface area contributed by atoms with Crippen LogP contribution in [0.2, 0.25) is 0 Å². The lowest BCUT2D eigenvalue weighted by Crippen LogP contribution is -2.39. The maximum atomic E-state index is 11.8. The molecule has 0 unspecified atom stereocenters. The highest BCUT2D eigenvalue weighted by Crippen LogP contribution is 2.30. The fourth-order valence-corrected chi connectivity index (χ4v) is 2.89. The number of ether oxygens (including phenoxy) is 2. The van der Waals surface area contributed by atoms with Crippen molar-refractivity contribution in [3.8, 4) is 0 Å². The molecule has 1 N–H and O–H groups in total. The average molecular weight is 345 g/mol. The van der Waals surface area contributed by atoms with Gasteiger partial charge in [-0.3, -0.25) is 0 Å². The van der Waals surface area contributed by atoms with E-state index in [1.54, 1.807) is 11.8 Å². The molecule has 126 valence electrons. The average Bonchev–Trinajstić information content (AvgIpc) is 2.61. The Hall–Kier alpha value is -2.47. The number of amides is 1. The van der Waals surface area contributed by atoms with Crippen molar-refractivity contribution in [3.05, 3.63) is 60.2 Å². The summed E-state index contributed by atoms with van der Waals surface area (Å²) in [6.07, 6.45) is -0.660. The predicted molar refractivity (Wildman–Crippen MR) is 91.8 cm³/mol. The molecule has 0 saturated carbocycles. The van der Waals surface area contributed by atoms with E-state index in [2.05, 4.69) is 10.1 Å². The highest BCUT2D eigenvalue weighted by atomic mass is 32.2. The standard InChI is InChI=1S/C18H19NO4S/c1-13(17(20)22-2)19-18(21)23-12-14-8-6-7-11-16(14)24-15-9-4-3-5-10-15/h3-11,13H,12H2,1-2H3,(H,19,21)/t13-/m1/s1. The van der Waals surface area contributed by atoms with E-state index in [-0.39, 0.29) is 6.61 Å². The number of benzene rings is 2. The van der Waals surface area contributed by atoms with Crippen LogP contribution in [0.3, 0.4) is 0 Å². The molecule has 1 amide bonds. The molecule has 2 rings (SSSR count). The molecule has 0 heterocycles. The van der Waals surface area contributed by atoms with Crippen molar-refractivity contribution in [1.82, 2.24) is 5.32 Å². The number of nitrogens with one attached hydrogen (secondary N) is 1. The van der Waals surface area contributed by atoms with Crippen LogP contribution in [0, 0.1) is 0 Å². The van der Waals surface area contributed by atoms with E-state index in [0.717, 1.165) is 15.4 Å². The molecule has 0 radical (unpaired) electrons. The van der Waals surface area contributed by atoms with Crippen LogP contribution < -0.4 is 5.32 Å². The Balaban J connectivity index is 1.95. The van der Waals surface area contributed by atoms with Gasteiger partial charge in [0.2, 0.25) is 0 Å². The molecule has 6 heteroatoms. The lowest BCUT2D eigenvalue weighted by Gasteiger charge is -2.13. The van der Waals surface area contributed by atoms with Crippen molar-refractivity contribution in [2.45, 2.75) is 29.4 Å². The SMILES string of the molecule is COC(=O)[C@@H](C)NC(=O)OCc1ccccc1Sc1ccccc1. The Labute approximate surface area is 145 Å². The van der Waals surface area contributed by atoms with Crippen molar-refractivity contribution in [1.29, 1.82) is 0 Å². The Morgan fingerprint density at radius 1 is 1.08 bits per heavy atom. The van der Waals surface area contributed by atoms with E-state index in [1.807, 2.05) is 54.6 Å². The van der Waals surface area contributed by atoms with Crippen LogP contribution in [-0.2, 0) is 20.9 Å². The third kappa shape index (κ3) is 5.31. The number of rotatable bonds is 6. The minimum atomic E-state index is -0.753. The molecule has 0 aliphatic rings. The third-order valence-electron chi connectivity index (χ3n) is 3.19. The van der Waals surface area contributed by atoms with Crippen LogP contribution in [0.5, 0.6) is 0 Å². The lowest BCUT2D eigenvalue weighted by atomic mass is 10.2. The van der Waals surface area contributed by atoms with E-state index in [0.29, 0.717) is 0 Å². The number of methoxy groups -OCH3 is 1. The van der Waals surface area contributed by atoms with Crippen LogP contribution in [0.1, 0.15) is 12.5 Å². The molecule has 2 aromatic carbocycles. The second-order valence-corrected chi connectivity index (χ2v) is 6.10. The molecule has 0 aromatic heterocycles. The molecule has 1 atom stereocenters. The number of hydrogen-bond acceptors (Lipinski definition) is 5. The van der Waals surface area contributed by atoms with E-state index in [1.165, 1.54) is 14.0 Å². The molecule has 0 saturated heterocycles. The van der Waals surface area contributed by atoms with Gasteiger partial charge in [0.15, 0.2) is 0 Å². The lowest BCUT2D eigenvalue weighted by molar-refractivity contribution is -0.142. The monoisotopic (exact) mass is 345 g/mol. The normalized spacial score (nSPS) is 11.4. The summed E-state index contributed by atoms with van der Waals surface area (Å²) in [6, 6.07) is 16.9. The van der Waals surface area contributed by atoms with Crippen molar-refractivity contribution in [2.24, 2.45) is 0 Å². The molecule has 0 aliphatic carbocycles. The van der Waals surface area contributed by atoms with E-state index in [9.17, 15) is 9.59 Å². The Morgan fingerprint density at radius 3 is 2.46 bits per heavy atom. The molecule has 2 aromatic rings. The van der Waals surface area contributed by atoms with Crippen LogP contribution in [-0.4, -0.2) is 25.2 Å². The Kier molecular flexibility index (Phi) is 6.69. The second-order valence-electron chi connectivity index (χ2n) is 4.99. The van der Waals surface area contributed by atoms with Gasteiger partial charge in [-0.15, -0.1) is 0 Å². The summed E-state index contributed by atoms with van der Waals surface area (Å²) in [7, 11) is 1.27. The van der Waals surface area contributed by atoms with E-state index in [4.69, 9.17) is 4.74 Å². The van der Waals surface area contributed by atoms with E-state index >= 15 is 0 Å². The number of carbonyl (C=O) groups excluding carboxylic acids is 2. The summed E-state index contributed by atoms with van der Waals surface area (Å²) in [5.41, 5.74) is 0.896. The molecule has 24 heavy (non-hydrogen) atoms. The quantitative estimate of drug-likeness (QED) is 0.810. The minimum Gasteiger partial charge on any atom is -0.467 e.